The van der Waals surface area contributed by atoms with Gasteiger partial charge in [-0.2, -0.15) is 0 Å². The number of carbonyl (C=O) groups is 1. The molecular formula is C18H18ClNOS. The van der Waals surface area contributed by atoms with E-state index in [0.717, 1.165) is 16.3 Å². The highest BCUT2D eigenvalue weighted by atomic mass is 35.5. The first-order valence-corrected chi connectivity index (χ1v) is 8.68. The number of halogens is 1. The summed E-state index contributed by atoms with van der Waals surface area (Å²) >= 11 is 7.41. The van der Waals surface area contributed by atoms with Gasteiger partial charge in [0.15, 0.2) is 0 Å². The van der Waals surface area contributed by atoms with Crippen LogP contribution >= 0.6 is 23.4 Å². The second kappa shape index (κ2) is 6.05. The Hall–Kier alpha value is -1.32. The number of carbonyl (C=O) groups excluding carboxylic acids is 1. The Morgan fingerprint density at radius 2 is 1.95 bits per heavy atom. The molecule has 2 nitrogen and oxygen atoms in total. The fraction of sp³-hybridized carbons (Fsp3) is 0.333. The summed E-state index contributed by atoms with van der Waals surface area (Å²) in [5, 5.41) is 0.761. The smallest absolute Gasteiger partial charge is 0.225 e. The van der Waals surface area contributed by atoms with Crippen LogP contribution in [0.2, 0.25) is 0 Å². The van der Waals surface area contributed by atoms with E-state index in [0.29, 0.717) is 0 Å². The van der Waals surface area contributed by atoms with Gasteiger partial charge >= 0.3 is 0 Å². The molecule has 1 fully saturated rings. The Balaban J connectivity index is 1.65. The fourth-order valence-corrected chi connectivity index (χ4v) is 4.28. The second-order valence-corrected chi connectivity index (χ2v) is 7.65. The first kappa shape index (κ1) is 15.6. The molecule has 114 valence electrons. The number of thioether (sulfide) groups is 1. The molecule has 2 unspecified atom stereocenters. The zero-order valence-electron chi connectivity index (χ0n) is 12.6. The van der Waals surface area contributed by atoms with Gasteiger partial charge in [0.05, 0.1) is 5.03 Å². The summed E-state index contributed by atoms with van der Waals surface area (Å²) in [4.78, 5) is 16.0. The number of benzene rings is 1. The lowest BCUT2D eigenvalue weighted by molar-refractivity contribution is -0.113. The lowest BCUT2D eigenvalue weighted by atomic mass is 10.1. The highest BCUT2D eigenvalue weighted by molar-refractivity contribution is 7.98. The minimum atomic E-state index is -0.238. The molecule has 1 heterocycles. The van der Waals surface area contributed by atoms with E-state index in [1.165, 1.54) is 5.56 Å². The molecule has 22 heavy (non-hydrogen) atoms. The van der Waals surface area contributed by atoms with Crippen molar-refractivity contribution in [1.82, 2.24) is 4.98 Å². The van der Waals surface area contributed by atoms with Crippen LogP contribution in [-0.2, 0) is 10.5 Å². The molecule has 0 bridgehead atoms. The molecule has 2 atom stereocenters. The SMILES string of the molecule is CC1(C)C(C(=O)Cl)C1c1ccc(SCc2ccccc2)nc1. The zero-order valence-corrected chi connectivity index (χ0v) is 14.2. The van der Waals surface area contributed by atoms with E-state index in [1.54, 1.807) is 11.8 Å². The van der Waals surface area contributed by atoms with E-state index in [-0.39, 0.29) is 22.5 Å². The van der Waals surface area contributed by atoms with E-state index < -0.39 is 0 Å². The van der Waals surface area contributed by atoms with E-state index in [4.69, 9.17) is 11.6 Å². The van der Waals surface area contributed by atoms with Crippen LogP contribution in [0.25, 0.3) is 0 Å². The number of hydrogen-bond donors (Lipinski definition) is 0. The standard InChI is InChI=1S/C18H18ClNOS/c1-18(2)15(16(18)17(19)21)13-8-9-14(20-10-13)22-11-12-6-4-3-5-7-12/h3-10,15-16H,11H2,1-2H3. The monoisotopic (exact) mass is 331 g/mol. The van der Waals surface area contributed by atoms with Gasteiger partial charge in [0.1, 0.15) is 0 Å². The molecule has 0 N–H and O–H groups in total. The van der Waals surface area contributed by atoms with Gasteiger partial charge in [-0.3, -0.25) is 4.79 Å². The van der Waals surface area contributed by atoms with Crippen LogP contribution in [-0.4, -0.2) is 10.2 Å². The Labute approximate surface area is 140 Å². The number of hydrogen-bond acceptors (Lipinski definition) is 3. The van der Waals surface area contributed by atoms with E-state index in [9.17, 15) is 4.79 Å². The van der Waals surface area contributed by atoms with Gasteiger partial charge in [-0.05, 0) is 34.2 Å². The van der Waals surface area contributed by atoms with Crippen molar-refractivity contribution in [2.24, 2.45) is 11.3 Å². The largest absolute Gasteiger partial charge is 0.281 e. The zero-order chi connectivity index (χ0) is 15.7. The van der Waals surface area contributed by atoms with Crippen LogP contribution in [0.3, 0.4) is 0 Å². The summed E-state index contributed by atoms with van der Waals surface area (Å²) in [5.41, 5.74) is 2.33. The molecule has 0 aliphatic heterocycles. The average molecular weight is 332 g/mol. The van der Waals surface area contributed by atoms with Crippen molar-refractivity contribution >= 4 is 28.6 Å². The maximum absolute atomic E-state index is 11.5. The van der Waals surface area contributed by atoms with Gasteiger partial charge in [0, 0.05) is 23.8 Å². The molecule has 3 rings (SSSR count). The molecule has 0 spiro atoms. The summed E-state index contributed by atoms with van der Waals surface area (Å²) < 4.78 is 0. The van der Waals surface area contributed by atoms with Crippen molar-refractivity contribution in [1.29, 1.82) is 0 Å². The van der Waals surface area contributed by atoms with Crippen LogP contribution in [0.1, 0.15) is 30.9 Å². The van der Waals surface area contributed by atoms with Crippen molar-refractivity contribution in [3.05, 3.63) is 59.8 Å². The van der Waals surface area contributed by atoms with E-state index in [1.807, 2.05) is 30.5 Å². The molecule has 4 heteroatoms. The lowest BCUT2D eigenvalue weighted by Crippen LogP contribution is -1.96. The molecule has 1 aromatic carbocycles. The quantitative estimate of drug-likeness (QED) is 0.577. The van der Waals surface area contributed by atoms with Crippen molar-refractivity contribution < 1.29 is 4.79 Å². The minimum absolute atomic E-state index is 0.0563. The number of aromatic nitrogens is 1. The van der Waals surface area contributed by atoms with Gasteiger partial charge in [0.25, 0.3) is 0 Å². The Kier molecular flexibility index (Phi) is 4.28. The second-order valence-electron chi connectivity index (χ2n) is 6.28. The van der Waals surface area contributed by atoms with Crippen molar-refractivity contribution in [3.63, 3.8) is 0 Å². The molecule has 0 radical (unpaired) electrons. The van der Waals surface area contributed by atoms with Gasteiger partial charge < -0.3 is 0 Å². The van der Waals surface area contributed by atoms with Gasteiger partial charge in [0.2, 0.25) is 5.24 Å². The summed E-state index contributed by atoms with van der Waals surface area (Å²) in [5.74, 6) is 1.02. The highest BCUT2D eigenvalue weighted by Gasteiger charge is 2.61. The molecule has 1 aliphatic rings. The third-order valence-corrected chi connectivity index (χ3v) is 5.67. The van der Waals surface area contributed by atoms with Crippen LogP contribution in [0.15, 0.2) is 53.7 Å². The Morgan fingerprint density at radius 1 is 1.23 bits per heavy atom. The van der Waals surface area contributed by atoms with Crippen LogP contribution in [0.5, 0.6) is 0 Å². The number of nitrogens with zero attached hydrogens (tertiary/aromatic N) is 1. The molecule has 0 saturated heterocycles. The van der Waals surface area contributed by atoms with Crippen LogP contribution in [0, 0.1) is 11.3 Å². The minimum Gasteiger partial charge on any atom is -0.281 e. The lowest BCUT2D eigenvalue weighted by Gasteiger charge is -2.05. The first-order valence-electron chi connectivity index (χ1n) is 7.32. The summed E-state index contributed by atoms with van der Waals surface area (Å²) in [7, 11) is 0. The summed E-state index contributed by atoms with van der Waals surface area (Å²) in [6, 6.07) is 14.5. The van der Waals surface area contributed by atoms with Gasteiger partial charge in [-0.1, -0.05) is 50.2 Å². The van der Waals surface area contributed by atoms with Crippen molar-refractivity contribution in [2.75, 3.05) is 0 Å². The molecular weight excluding hydrogens is 314 g/mol. The maximum Gasteiger partial charge on any atom is 0.225 e. The molecule has 1 saturated carbocycles. The van der Waals surface area contributed by atoms with Crippen molar-refractivity contribution in [2.45, 2.75) is 30.5 Å². The van der Waals surface area contributed by atoms with Crippen LogP contribution < -0.4 is 0 Å². The number of pyridine rings is 1. The Morgan fingerprint density at radius 3 is 2.50 bits per heavy atom. The molecule has 0 amide bonds. The van der Waals surface area contributed by atoms with E-state index >= 15 is 0 Å². The normalized spacial score (nSPS) is 22.3. The van der Waals surface area contributed by atoms with Gasteiger partial charge in [-0.15, -0.1) is 11.8 Å². The summed E-state index contributed by atoms with van der Waals surface area (Å²) in [6.07, 6.45) is 1.89. The maximum atomic E-state index is 11.5. The topological polar surface area (TPSA) is 30.0 Å². The average Bonchev–Trinajstić information content (AvgIpc) is 3.10. The Bertz CT molecular complexity index is 669. The molecule has 1 aliphatic carbocycles. The third-order valence-electron chi connectivity index (χ3n) is 4.42. The predicted molar refractivity (Wildman–Crippen MR) is 91.1 cm³/mol. The fourth-order valence-electron chi connectivity index (χ4n) is 3.08. The highest BCUT2D eigenvalue weighted by Crippen LogP contribution is 2.65. The number of rotatable bonds is 5. The summed E-state index contributed by atoms with van der Waals surface area (Å²) in [6.45, 7) is 4.17. The molecule has 2 aromatic rings. The third kappa shape index (κ3) is 3.06. The van der Waals surface area contributed by atoms with Crippen molar-refractivity contribution in [3.8, 4) is 0 Å². The molecule has 1 aromatic heterocycles. The first-order chi connectivity index (χ1) is 10.5. The van der Waals surface area contributed by atoms with E-state index in [2.05, 4.69) is 37.0 Å². The van der Waals surface area contributed by atoms with Crippen LogP contribution in [0.4, 0.5) is 0 Å². The van der Waals surface area contributed by atoms with Gasteiger partial charge in [-0.25, -0.2) is 4.98 Å². The predicted octanol–water partition coefficient (Wildman–Crippen LogP) is 4.88.